The van der Waals surface area contributed by atoms with Gasteiger partial charge in [0.2, 0.25) is 0 Å². The first-order valence-corrected chi connectivity index (χ1v) is 5.83. The Morgan fingerprint density at radius 2 is 2.00 bits per heavy atom. The molecule has 19 heavy (non-hydrogen) atoms. The molecule has 0 saturated heterocycles. The van der Waals surface area contributed by atoms with Gasteiger partial charge in [-0.25, -0.2) is 0 Å². The third-order valence-electron chi connectivity index (χ3n) is 2.75. The van der Waals surface area contributed by atoms with E-state index in [-0.39, 0.29) is 12.6 Å². The zero-order chi connectivity index (χ0) is 14.5. The van der Waals surface area contributed by atoms with Gasteiger partial charge in [-0.3, -0.25) is 0 Å². The van der Waals surface area contributed by atoms with Crippen LogP contribution in [0.1, 0.15) is 17.2 Å². The Bertz CT molecular complexity index is 407. The summed E-state index contributed by atoms with van der Waals surface area (Å²) in [5.74, 6) is 0.715. The van der Waals surface area contributed by atoms with Crippen LogP contribution in [0.5, 0.6) is 5.75 Å². The molecule has 0 bridgehead atoms. The highest BCUT2D eigenvalue weighted by atomic mass is 19.4. The SMILES string of the molecule is CNC(COCC(F)(F)F)c1ccc(OC)cc1C. The molecule has 1 unspecified atom stereocenters. The van der Waals surface area contributed by atoms with E-state index in [9.17, 15) is 13.2 Å². The number of hydrogen-bond acceptors (Lipinski definition) is 3. The fraction of sp³-hybridized carbons (Fsp3) is 0.538. The minimum absolute atomic E-state index is 0.0385. The summed E-state index contributed by atoms with van der Waals surface area (Å²) in [7, 11) is 3.25. The molecule has 0 aliphatic heterocycles. The molecule has 0 heterocycles. The lowest BCUT2D eigenvalue weighted by atomic mass is 10.0. The molecule has 6 heteroatoms. The fourth-order valence-corrected chi connectivity index (χ4v) is 1.79. The summed E-state index contributed by atoms with van der Waals surface area (Å²) in [5.41, 5.74) is 1.83. The molecule has 0 aromatic heterocycles. The van der Waals surface area contributed by atoms with Crippen LogP contribution in [0.15, 0.2) is 18.2 Å². The first-order chi connectivity index (χ1) is 8.87. The van der Waals surface area contributed by atoms with Gasteiger partial charge in [-0.1, -0.05) is 6.07 Å². The van der Waals surface area contributed by atoms with E-state index in [1.165, 1.54) is 0 Å². The minimum Gasteiger partial charge on any atom is -0.497 e. The number of benzene rings is 1. The van der Waals surface area contributed by atoms with E-state index in [0.29, 0.717) is 5.75 Å². The summed E-state index contributed by atoms with van der Waals surface area (Å²) in [5, 5.41) is 2.95. The van der Waals surface area contributed by atoms with Crippen LogP contribution in [0.25, 0.3) is 0 Å². The van der Waals surface area contributed by atoms with Crippen molar-refractivity contribution in [3.05, 3.63) is 29.3 Å². The molecular formula is C13H18F3NO2. The Labute approximate surface area is 110 Å². The molecule has 0 aliphatic rings. The van der Waals surface area contributed by atoms with Crippen LogP contribution in [0, 0.1) is 6.92 Å². The molecular weight excluding hydrogens is 259 g/mol. The molecule has 0 fully saturated rings. The maximum atomic E-state index is 12.0. The number of nitrogens with one attached hydrogen (secondary N) is 1. The summed E-state index contributed by atoms with van der Waals surface area (Å²) in [4.78, 5) is 0. The van der Waals surface area contributed by atoms with Gasteiger partial charge < -0.3 is 14.8 Å². The highest BCUT2D eigenvalue weighted by Crippen LogP contribution is 2.23. The van der Waals surface area contributed by atoms with Crippen molar-refractivity contribution in [1.29, 1.82) is 0 Å². The van der Waals surface area contributed by atoms with Crippen LogP contribution in [0.2, 0.25) is 0 Å². The molecule has 0 radical (unpaired) electrons. The topological polar surface area (TPSA) is 30.5 Å². The van der Waals surface area contributed by atoms with Crippen molar-refractivity contribution < 1.29 is 22.6 Å². The highest BCUT2D eigenvalue weighted by Gasteiger charge is 2.28. The smallest absolute Gasteiger partial charge is 0.411 e. The van der Waals surface area contributed by atoms with E-state index < -0.39 is 12.8 Å². The molecule has 0 aliphatic carbocycles. The third-order valence-corrected chi connectivity index (χ3v) is 2.75. The van der Waals surface area contributed by atoms with Crippen molar-refractivity contribution in [2.75, 3.05) is 27.4 Å². The second kappa shape index (κ2) is 6.77. The highest BCUT2D eigenvalue weighted by molar-refractivity contribution is 5.36. The monoisotopic (exact) mass is 277 g/mol. The summed E-state index contributed by atoms with van der Waals surface area (Å²) in [6.45, 7) is 0.607. The van der Waals surface area contributed by atoms with E-state index in [1.54, 1.807) is 20.2 Å². The van der Waals surface area contributed by atoms with Gasteiger partial charge >= 0.3 is 6.18 Å². The number of halogens is 3. The third kappa shape index (κ3) is 5.08. The molecule has 0 spiro atoms. The van der Waals surface area contributed by atoms with E-state index in [2.05, 4.69) is 5.32 Å². The Kier molecular flexibility index (Phi) is 5.62. The minimum atomic E-state index is -4.30. The van der Waals surface area contributed by atoms with Crippen LogP contribution in [-0.2, 0) is 4.74 Å². The number of likely N-dealkylation sites (N-methyl/N-ethyl adjacent to an activating group) is 1. The lowest BCUT2D eigenvalue weighted by molar-refractivity contribution is -0.175. The summed E-state index contributed by atoms with van der Waals surface area (Å²) in [6.07, 6.45) is -4.30. The van der Waals surface area contributed by atoms with Gasteiger partial charge in [-0.05, 0) is 37.2 Å². The van der Waals surface area contributed by atoms with Gasteiger partial charge in [0.05, 0.1) is 19.8 Å². The first kappa shape index (κ1) is 15.8. The number of methoxy groups -OCH3 is 1. The van der Waals surface area contributed by atoms with E-state index in [4.69, 9.17) is 9.47 Å². The van der Waals surface area contributed by atoms with E-state index >= 15 is 0 Å². The molecule has 1 N–H and O–H groups in total. The Morgan fingerprint density at radius 3 is 2.47 bits per heavy atom. The van der Waals surface area contributed by atoms with Crippen LogP contribution in [0.4, 0.5) is 13.2 Å². The molecule has 3 nitrogen and oxygen atoms in total. The van der Waals surface area contributed by atoms with Gasteiger partial charge in [0.1, 0.15) is 12.4 Å². The molecule has 1 aromatic carbocycles. The molecule has 1 rings (SSSR count). The average Bonchev–Trinajstić information content (AvgIpc) is 2.34. The van der Waals surface area contributed by atoms with Crippen LogP contribution in [-0.4, -0.2) is 33.5 Å². The number of hydrogen-bond donors (Lipinski definition) is 1. The zero-order valence-electron chi connectivity index (χ0n) is 11.2. The van der Waals surface area contributed by atoms with Gasteiger partial charge in [-0.2, -0.15) is 13.2 Å². The summed E-state index contributed by atoms with van der Waals surface area (Å²) >= 11 is 0. The Morgan fingerprint density at radius 1 is 1.32 bits per heavy atom. The Balaban J connectivity index is 2.69. The van der Waals surface area contributed by atoms with Gasteiger partial charge in [0, 0.05) is 0 Å². The maximum absolute atomic E-state index is 12.0. The van der Waals surface area contributed by atoms with Gasteiger partial charge in [0.15, 0.2) is 0 Å². The second-order valence-electron chi connectivity index (χ2n) is 4.19. The normalized spacial score (nSPS) is 13.4. The van der Waals surface area contributed by atoms with Crippen molar-refractivity contribution in [2.24, 2.45) is 0 Å². The van der Waals surface area contributed by atoms with E-state index in [1.807, 2.05) is 19.1 Å². The standard InChI is InChI=1S/C13H18F3NO2/c1-9-6-10(18-3)4-5-11(9)12(17-2)7-19-8-13(14,15)16/h4-6,12,17H,7-8H2,1-3H3. The van der Waals surface area contributed by atoms with Crippen molar-refractivity contribution in [3.8, 4) is 5.75 Å². The molecule has 0 saturated carbocycles. The van der Waals surface area contributed by atoms with Crippen molar-refractivity contribution in [2.45, 2.75) is 19.1 Å². The van der Waals surface area contributed by atoms with E-state index in [0.717, 1.165) is 11.1 Å². The molecule has 108 valence electrons. The second-order valence-corrected chi connectivity index (χ2v) is 4.19. The van der Waals surface area contributed by atoms with Gasteiger partial charge in [-0.15, -0.1) is 0 Å². The van der Waals surface area contributed by atoms with Crippen LogP contribution in [0.3, 0.4) is 0 Å². The predicted molar refractivity (Wildman–Crippen MR) is 66.4 cm³/mol. The zero-order valence-corrected chi connectivity index (χ0v) is 11.2. The first-order valence-electron chi connectivity index (χ1n) is 5.83. The number of rotatable bonds is 6. The number of aryl methyl sites for hydroxylation is 1. The molecule has 1 atom stereocenters. The predicted octanol–water partition coefficient (Wildman–Crippen LogP) is 2.84. The lowest BCUT2D eigenvalue weighted by Gasteiger charge is -2.20. The van der Waals surface area contributed by atoms with Crippen LogP contribution >= 0.6 is 0 Å². The summed E-state index contributed by atoms with van der Waals surface area (Å²) in [6, 6.07) is 5.15. The summed E-state index contributed by atoms with van der Waals surface area (Å²) < 4.78 is 45.9. The Hall–Kier alpha value is -1.27. The fourth-order valence-electron chi connectivity index (χ4n) is 1.79. The van der Waals surface area contributed by atoms with Crippen molar-refractivity contribution >= 4 is 0 Å². The molecule has 1 aromatic rings. The average molecular weight is 277 g/mol. The number of ether oxygens (including phenoxy) is 2. The largest absolute Gasteiger partial charge is 0.497 e. The maximum Gasteiger partial charge on any atom is 0.411 e. The quantitative estimate of drug-likeness (QED) is 0.867. The van der Waals surface area contributed by atoms with Crippen molar-refractivity contribution in [3.63, 3.8) is 0 Å². The van der Waals surface area contributed by atoms with Gasteiger partial charge in [0.25, 0.3) is 0 Å². The van der Waals surface area contributed by atoms with Crippen LogP contribution < -0.4 is 10.1 Å². The van der Waals surface area contributed by atoms with Crippen molar-refractivity contribution in [1.82, 2.24) is 5.32 Å². The lowest BCUT2D eigenvalue weighted by Crippen LogP contribution is -2.26. The number of alkyl halides is 3. The molecule has 0 amide bonds.